The molecule has 30 heavy (non-hydrogen) atoms. The third-order valence-electron chi connectivity index (χ3n) is 6.12. The number of thiol groups is 1. The van der Waals surface area contributed by atoms with Crippen molar-refractivity contribution in [1.82, 2.24) is 9.71 Å². The number of aromatic nitrogens is 1. The molecule has 0 saturated heterocycles. The van der Waals surface area contributed by atoms with Crippen molar-refractivity contribution in [1.29, 1.82) is 0 Å². The number of nitrogens with one attached hydrogen (secondary N) is 2. The number of anilines is 1. The van der Waals surface area contributed by atoms with Crippen molar-refractivity contribution in [2.75, 3.05) is 5.32 Å². The fraction of sp³-hybridized carbons (Fsp3) is 0.524. The summed E-state index contributed by atoms with van der Waals surface area (Å²) < 4.78 is 15.8. The van der Waals surface area contributed by atoms with Crippen LogP contribution >= 0.6 is 11.3 Å². The molecule has 0 unspecified atom stereocenters. The van der Waals surface area contributed by atoms with Gasteiger partial charge in [0, 0.05) is 27.6 Å². The van der Waals surface area contributed by atoms with E-state index in [1.807, 2.05) is 6.92 Å². The van der Waals surface area contributed by atoms with Crippen LogP contribution in [0.25, 0.3) is 0 Å². The highest BCUT2D eigenvalue weighted by Crippen LogP contribution is 2.41. The van der Waals surface area contributed by atoms with Crippen LogP contribution in [-0.4, -0.2) is 20.3 Å². The van der Waals surface area contributed by atoms with E-state index in [1.165, 1.54) is 17.8 Å². The van der Waals surface area contributed by atoms with Crippen LogP contribution in [0.5, 0.6) is 0 Å². The number of carbonyl (C=O) groups is 1. The molecule has 7 nitrogen and oxygen atoms in total. The van der Waals surface area contributed by atoms with Gasteiger partial charge in [-0.25, -0.2) is 9.00 Å². The quantitative estimate of drug-likeness (QED) is 0.449. The van der Waals surface area contributed by atoms with Crippen LogP contribution in [0.4, 0.5) is 10.5 Å². The number of aliphatic hydroxyl groups is 1. The first-order valence-electron chi connectivity index (χ1n) is 10.4. The van der Waals surface area contributed by atoms with Gasteiger partial charge in [-0.1, -0.05) is 6.42 Å². The summed E-state index contributed by atoms with van der Waals surface area (Å²) in [6.45, 7) is 5.30. The van der Waals surface area contributed by atoms with Gasteiger partial charge in [0.2, 0.25) is 0 Å². The molecule has 0 atom stereocenters. The number of pyridine rings is 1. The van der Waals surface area contributed by atoms with Gasteiger partial charge in [0.05, 0.1) is 15.5 Å². The molecule has 2 amide bonds. The fourth-order valence-corrected chi connectivity index (χ4v) is 6.64. The van der Waals surface area contributed by atoms with Crippen LogP contribution in [0.1, 0.15) is 73.5 Å². The van der Waals surface area contributed by atoms with Gasteiger partial charge in [-0.15, -0.1) is 11.3 Å². The average molecular weight is 451 g/mol. The van der Waals surface area contributed by atoms with Crippen LogP contribution in [-0.2, 0) is 28.7 Å². The number of hydrogen-bond donors (Lipinski definition) is 5. The lowest BCUT2D eigenvalue weighted by Gasteiger charge is -2.28. The predicted octanol–water partition coefficient (Wildman–Crippen LogP) is 3.42. The van der Waals surface area contributed by atoms with Crippen molar-refractivity contribution in [2.45, 2.75) is 75.0 Å². The van der Waals surface area contributed by atoms with Crippen LogP contribution in [0.15, 0.2) is 15.7 Å². The minimum Gasteiger partial charge on any atom is -0.386 e. The van der Waals surface area contributed by atoms with Crippen molar-refractivity contribution < 1.29 is 14.1 Å². The molecule has 2 aliphatic carbocycles. The van der Waals surface area contributed by atoms with Gasteiger partial charge in [-0.3, -0.25) is 14.8 Å². The summed E-state index contributed by atoms with van der Waals surface area (Å²) in [5.74, 6) is 0.464. The molecule has 2 aromatic rings. The molecule has 0 aliphatic heterocycles. The Labute approximate surface area is 182 Å². The topological polar surface area (TPSA) is 117 Å². The van der Waals surface area contributed by atoms with E-state index >= 15 is 0 Å². The Balaban J connectivity index is 1.56. The van der Waals surface area contributed by atoms with Gasteiger partial charge in [0.15, 0.2) is 0 Å². The van der Waals surface area contributed by atoms with Crippen LogP contribution in [0.3, 0.4) is 0 Å². The third kappa shape index (κ3) is 4.03. The predicted molar refractivity (Wildman–Crippen MR) is 121 cm³/mol. The Morgan fingerprint density at radius 3 is 2.67 bits per heavy atom. The first kappa shape index (κ1) is 21.4. The number of aryl methyl sites for hydroxylation is 1. The van der Waals surface area contributed by atoms with Crippen molar-refractivity contribution in [3.63, 3.8) is 0 Å². The second-order valence-electron chi connectivity index (χ2n) is 8.86. The summed E-state index contributed by atoms with van der Waals surface area (Å²) in [5.41, 5.74) is 4.58. The number of thiophene rings is 1. The SMILES string of the molecule is Cc1c(C2CCC2)nc2c(c1NC(=O)N[SH](N)(=O)c1cc(C(C)(C)O)cs1)CCC2. The van der Waals surface area contributed by atoms with Crippen LogP contribution in [0, 0.1) is 6.92 Å². The number of nitrogens with zero attached hydrogens (tertiary/aromatic N) is 1. The lowest BCUT2D eigenvalue weighted by Crippen LogP contribution is -2.44. The maximum Gasteiger partial charge on any atom is 0.330 e. The summed E-state index contributed by atoms with van der Waals surface area (Å²) in [5, 5.41) is 20.8. The molecule has 2 aromatic heterocycles. The Morgan fingerprint density at radius 1 is 1.33 bits per heavy atom. The Kier molecular flexibility index (Phi) is 5.50. The molecule has 2 heterocycles. The highest BCUT2D eigenvalue weighted by atomic mass is 32.3. The summed E-state index contributed by atoms with van der Waals surface area (Å²) in [6, 6.07) is 1.01. The molecule has 5 N–H and O–H groups in total. The molecule has 4 rings (SSSR count). The average Bonchev–Trinajstić information content (AvgIpc) is 3.25. The third-order valence-corrected chi connectivity index (χ3v) is 9.30. The van der Waals surface area contributed by atoms with E-state index in [1.54, 1.807) is 25.3 Å². The standard InChI is InChI=1S/C21H30N4O3S2/c1-12-18(13-6-4-7-13)23-16-9-5-8-15(16)19(12)24-20(26)25-30(22,28)17-10-14(11-29-17)21(2,3)27/h10-11,13,27,30H,4-9H2,1-3H3,(H4,22,23,24,25,26,28). The largest absolute Gasteiger partial charge is 0.386 e. The van der Waals surface area contributed by atoms with E-state index in [9.17, 15) is 14.1 Å². The summed E-state index contributed by atoms with van der Waals surface area (Å²) in [4.78, 5) is 17.7. The Bertz CT molecular complexity index is 1040. The molecule has 0 spiro atoms. The molecule has 164 valence electrons. The Morgan fingerprint density at radius 2 is 2.07 bits per heavy atom. The van der Waals surface area contributed by atoms with Crippen molar-refractivity contribution >= 4 is 33.4 Å². The number of rotatable bonds is 5. The molecular formula is C21H30N4O3S2. The van der Waals surface area contributed by atoms with Gasteiger partial charge in [-0.2, -0.15) is 0 Å². The van der Waals surface area contributed by atoms with E-state index in [0.717, 1.165) is 60.3 Å². The molecule has 0 radical (unpaired) electrons. The van der Waals surface area contributed by atoms with Gasteiger partial charge in [-0.05, 0) is 81.0 Å². The second kappa shape index (κ2) is 7.71. The minimum absolute atomic E-state index is 0.349. The number of fused-ring (bicyclic) bond motifs is 1. The highest BCUT2D eigenvalue weighted by molar-refractivity contribution is 8.01. The van der Waals surface area contributed by atoms with E-state index in [4.69, 9.17) is 10.1 Å². The van der Waals surface area contributed by atoms with Crippen LogP contribution < -0.4 is 15.2 Å². The number of carbonyl (C=O) groups excluding carboxylic acids is 1. The number of urea groups is 1. The smallest absolute Gasteiger partial charge is 0.330 e. The molecule has 1 fully saturated rings. The zero-order chi connectivity index (χ0) is 21.7. The first-order valence-corrected chi connectivity index (χ1v) is 13.0. The van der Waals surface area contributed by atoms with Crippen molar-refractivity contribution in [3.05, 3.63) is 39.5 Å². The molecule has 2 aliphatic rings. The van der Waals surface area contributed by atoms with Gasteiger partial charge < -0.3 is 10.4 Å². The van der Waals surface area contributed by atoms with Gasteiger partial charge in [0.25, 0.3) is 0 Å². The van der Waals surface area contributed by atoms with E-state index in [-0.39, 0.29) is 0 Å². The first-order chi connectivity index (χ1) is 14.1. The highest BCUT2D eigenvalue weighted by Gasteiger charge is 2.29. The van der Waals surface area contributed by atoms with Crippen molar-refractivity contribution in [2.24, 2.45) is 5.14 Å². The molecule has 1 saturated carbocycles. The zero-order valence-electron chi connectivity index (χ0n) is 17.6. The summed E-state index contributed by atoms with van der Waals surface area (Å²) in [6.07, 6.45) is 6.32. The molecule has 9 heteroatoms. The fourth-order valence-electron chi connectivity index (χ4n) is 4.12. The minimum atomic E-state index is -3.62. The normalized spacial score (nSPS) is 17.4. The summed E-state index contributed by atoms with van der Waals surface area (Å²) in [7, 11) is -3.62. The van der Waals surface area contributed by atoms with Gasteiger partial charge in [0.1, 0.15) is 0 Å². The van der Waals surface area contributed by atoms with E-state index in [2.05, 4.69) is 10.0 Å². The number of hydrogen-bond acceptors (Lipinski definition) is 5. The van der Waals surface area contributed by atoms with Crippen LogP contribution in [0.2, 0.25) is 0 Å². The second-order valence-corrected chi connectivity index (χ2v) is 12.1. The number of nitrogens with two attached hydrogens (primary N) is 1. The molecular weight excluding hydrogens is 420 g/mol. The molecule has 0 aromatic carbocycles. The zero-order valence-corrected chi connectivity index (χ0v) is 19.3. The van der Waals surface area contributed by atoms with E-state index < -0.39 is 21.9 Å². The van der Waals surface area contributed by atoms with E-state index in [0.29, 0.717) is 15.7 Å². The lowest BCUT2D eigenvalue weighted by molar-refractivity contribution is 0.0789. The maximum atomic E-state index is 13.0. The van der Waals surface area contributed by atoms with Gasteiger partial charge >= 0.3 is 6.03 Å². The monoisotopic (exact) mass is 450 g/mol. The number of amides is 2. The maximum absolute atomic E-state index is 13.0. The van der Waals surface area contributed by atoms with Crippen molar-refractivity contribution in [3.8, 4) is 0 Å². The Hall–Kier alpha value is -1.81. The molecule has 0 bridgehead atoms. The summed E-state index contributed by atoms with van der Waals surface area (Å²) >= 11 is 1.17. The lowest BCUT2D eigenvalue weighted by atomic mass is 9.80.